The zero-order chi connectivity index (χ0) is 22.7. The van der Waals surface area contributed by atoms with E-state index in [1.807, 2.05) is 26.0 Å². The number of furan rings is 1. The summed E-state index contributed by atoms with van der Waals surface area (Å²) in [5.74, 6) is 0.777. The third kappa shape index (κ3) is 4.67. The number of hydrogen-bond donors (Lipinski definition) is 2. The number of aromatic nitrogens is 3. The first kappa shape index (κ1) is 21.6. The van der Waals surface area contributed by atoms with E-state index in [0.717, 1.165) is 33.1 Å². The molecule has 3 heterocycles. The lowest BCUT2D eigenvalue weighted by Crippen LogP contribution is -2.14. The number of nitrogens with zero attached hydrogens (tertiary/aromatic N) is 3. The number of rotatable bonds is 7. The second-order valence-corrected chi connectivity index (χ2v) is 8.31. The molecule has 0 aliphatic heterocycles. The van der Waals surface area contributed by atoms with Crippen molar-refractivity contribution in [2.24, 2.45) is 0 Å². The number of fused-ring (bicyclic) bond motifs is 1. The molecule has 0 atom stereocenters. The number of benzene rings is 1. The molecule has 0 aliphatic carbocycles. The quantitative estimate of drug-likeness (QED) is 0.321. The normalized spacial score (nSPS) is 11.0. The smallest absolute Gasteiger partial charge is 0.234 e. The van der Waals surface area contributed by atoms with E-state index in [4.69, 9.17) is 4.42 Å². The number of amides is 2. The van der Waals surface area contributed by atoms with E-state index in [0.29, 0.717) is 17.9 Å². The molecule has 8 nitrogen and oxygen atoms in total. The maximum atomic E-state index is 12.5. The molecule has 0 bridgehead atoms. The lowest BCUT2D eigenvalue weighted by Gasteiger charge is -2.08. The van der Waals surface area contributed by atoms with Crippen LogP contribution in [-0.4, -0.2) is 32.1 Å². The average molecular weight is 450 g/mol. The SMILES string of the molecule is CC(=O)Nc1ccc(NC(=O)CSc2ncnc3c2c(C)c(C)n3Cc2ccco2)cc1. The Morgan fingerprint density at radius 3 is 2.44 bits per heavy atom. The fourth-order valence-corrected chi connectivity index (χ4v) is 4.32. The standard InChI is InChI=1S/C23H23N5O3S/c1-14-15(2)28(11-19-5-4-10-31-19)22-21(14)23(25-13-24-22)32-12-20(30)27-18-8-6-17(7-9-18)26-16(3)29/h4-10,13H,11-12H2,1-3H3,(H,26,29)(H,27,30). The van der Waals surface area contributed by atoms with Gasteiger partial charge in [0.2, 0.25) is 11.8 Å². The Balaban J connectivity index is 1.47. The molecule has 2 N–H and O–H groups in total. The molecule has 4 aromatic rings. The van der Waals surface area contributed by atoms with Gasteiger partial charge >= 0.3 is 0 Å². The number of nitrogens with one attached hydrogen (secondary N) is 2. The number of hydrogen-bond acceptors (Lipinski definition) is 6. The summed E-state index contributed by atoms with van der Waals surface area (Å²) in [5.41, 5.74) is 4.33. The molecule has 0 aliphatic rings. The predicted molar refractivity (Wildman–Crippen MR) is 125 cm³/mol. The van der Waals surface area contributed by atoms with E-state index >= 15 is 0 Å². The maximum absolute atomic E-state index is 12.5. The summed E-state index contributed by atoms with van der Waals surface area (Å²) in [5, 5.41) is 7.29. The van der Waals surface area contributed by atoms with Gasteiger partial charge in [-0.1, -0.05) is 11.8 Å². The Bertz CT molecular complexity index is 1260. The molecule has 0 radical (unpaired) electrons. The highest BCUT2D eigenvalue weighted by Crippen LogP contribution is 2.32. The van der Waals surface area contributed by atoms with Gasteiger partial charge in [-0.15, -0.1) is 0 Å². The minimum Gasteiger partial charge on any atom is -0.467 e. The molecular formula is C23H23N5O3S. The topological polar surface area (TPSA) is 102 Å². The Labute approximate surface area is 189 Å². The Morgan fingerprint density at radius 1 is 1.06 bits per heavy atom. The van der Waals surface area contributed by atoms with Crippen LogP contribution in [0, 0.1) is 13.8 Å². The van der Waals surface area contributed by atoms with Gasteiger partial charge in [0.1, 0.15) is 22.8 Å². The molecule has 32 heavy (non-hydrogen) atoms. The molecule has 4 rings (SSSR count). The molecule has 0 saturated heterocycles. The van der Waals surface area contributed by atoms with Crippen LogP contribution in [0.25, 0.3) is 11.0 Å². The van der Waals surface area contributed by atoms with Gasteiger partial charge in [0.25, 0.3) is 0 Å². The zero-order valence-corrected chi connectivity index (χ0v) is 18.8. The highest BCUT2D eigenvalue weighted by Gasteiger charge is 2.18. The van der Waals surface area contributed by atoms with E-state index < -0.39 is 0 Å². The molecule has 0 spiro atoms. The van der Waals surface area contributed by atoms with Gasteiger partial charge < -0.3 is 19.6 Å². The van der Waals surface area contributed by atoms with Crippen LogP contribution in [-0.2, 0) is 16.1 Å². The number of carbonyl (C=O) groups excluding carboxylic acids is 2. The van der Waals surface area contributed by atoms with E-state index in [2.05, 4.69) is 25.2 Å². The number of aryl methyl sites for hydroxylation is 1. The summed E-state index contributed by atoms with van der Waals surface area (Å²) >= 11 is 1.38. The van der Waals surface area contributed by atoms with Crippen molar-refractivity contribution in [3.63, 3.8) is 0 Å². The molecule has 3 aromatic heterocycles. The van der Waals surface area contributed by atoms with Crippen molar-refractivity contribution in [3.05, 3.63) is 66.0 Å². The van der Waals surface area contributed by atoms with Crippen molar-refractivity contribution in [1.82, 2.24) is 14.5 Å². The fraction of sp³-hybridized carbons (Fsp3) is 0.217. The average Bonchev–Trinajstić information content (AvgIpc) is 3.36. The van der Waals surface area contributed by atoms with Crippen LogP contribution >= 0.6 is 11.8 Å². The summed E-state index contributed by atoms with van der Waals surface area (Å²) in [6.07, 6.45) is 3.19. The molecule has 9 heteroatoms. The first-order valence-corrected chi connectivity index (χ1v) is 11.0. The summed E-state index contributed by atoms with van der Waals surface area (Å²) < 4.78 is 7.60. The summed E-state index contributed by atoms with van der Waals surface area (Å²) in [6, 6.07) is 10.8. The Kier molecular flexibility index (Phi) is 6.27. The van der Waals surface area contributed by atoms with Crippen molar-refractivity contribution >= 4 is 46.0 Å². The van der Waals surface area contributed by atoms with Crippen molar-refractivity contribution in [2.45, 2.75) is 32.3 Å². The van der Waals surface area contributed by atoms with Crippen LogP contribution in [0.4, 0.5) is 11.4 Å². The number of carbonyl (C=O) groups is 2. The molecule has 1 aromatic carbocycles. The highest BCUT2D eigenvalue weighted by atomic mass is 32.2. The van der Waals surface area contributed by atoms with E-state index in [-0.39, 0.29) is 17.6 Å². The predicted octanol–water partition coefficient (Wildman–Crippen LogP) is 4.38. The van der Waals surface area contributed by atoms with Gasteiger partial charge in [0.15, 0.2) is 0 Å². The van der Waals surface area contributed by atoms with Crippen molar-refractivity contribution in [2.75, 3.05) is 16.4 Å². The molecule has 0 unspecified atom stereocenters. The maximum Gasteiger partial charge on any atom is 0.234 e. The molecule has 0 saturated carbocycles. The van der Waals surface area contributed by atoms with Crippen LogP contribution < -0.4 is 10.6 Å². The van der Waals surface area contributed by atoms with Crippen molar-refractivity contribution < 1.29 is 14.0 Å². The molecule has 164 valence electrons. The summed E-state index contributed by atoms with van der Waals surface area (Å²) in [4.78, 5) is 32.5. The molecule has 2 amide bonds. The van der Waals surface area contributed by atoms with E-state index in [9.17, 15) is 9.59 Å². The second-order valence-electron chi connectivity index (χ2n) is 7.35. The highest BCUT2D eigenvalue weighted by molar-refractivity contribution is 8.00. The minimum atomic E-state index is -0.141. The minimum absolute atomic E-state index is 0.140. The first-order valence-electron chi connectivity index (χ1n) is 10.1. The van der Waals surface area contributed by atoms with Gasteiger partial charge in [-0.25, -0.2) is 9.97 Å². The lowest BCUT2D eigenvalue weighted by atomic mass is 10.2. The largest absolute Gasteiger partial charge is 0.467 e. The lowest BCUT2D eigenvalue weighted by molar-refractivity contribution is -0.114. The van der Waals surface area contributed by atoms with E-state index in [1.165, 1.54) is 25.0 Å². The number of anilines is 2. The molecular weight excluding hydrogens is 426 g/mol. The van der Waals surface area contributed by atoms with Crippen LogP contribution in [0.15, 0.2) is 58.4 Å². The zero-order valence-electron chi connectivity index (χ0n) is 18.0. The van der Waals surface area contributed by atoms with Crippen LogP contribution in [0.5, 0.6) is 0 Å². The number of thioether (sulfide) groups is 1. The van der Waals surface area contributed by atoms with Gasteiger partial charge in [-0.2, -0.15) is 0 Å². The second kappa shape index (κ2) is 9.27. The van der Waals surface area contributed by atoms with Crippen LogP contribution in [0.3, 0.4) is 0 Å². The third-order valence-electron chi connectivity index (χ3n) is 5.09. The van der Waals surface area contributed by atoms with Gasteiger partial charge in [0.05, 0.1) is 23.9 Å². The van der Waals surface area contributed by atoms with Gasteiger partial charge in [-0.05, 0) is 55.8 Å². The summed E-state index contributed by atoms with van der Waals surface area (Å²) in [6.45, 7) is 6.12. The Hall–Kier alpha value is -3.59. The van der Waals surface area contributed by atoms with Gasteiger partial charge in [0, 0.05) is 24.0 Å². The third-order valence-corrected chi connectivity index (χ3v) is 6.08. The van der Waals surface area contributed by atoms with Crippen LogP contribution in [0.1, 0.15) is 23.9 Å². The van der Waals surface area contributed by atoms with Gasteiger partial charge in [-0.3, -0.25) is 9.59 Å². The van der Waals surface area contributed by atoms with Crippen molar-refractivity contribution in [1.29, 1.82) is 0 Å². The fourth-order valence-electron chi connectivity index (χ4n) is 3.47. The van der Waals surface area contributed by atoms with E-state index in [1.54, 1.807) is 30.5 Å². The molecule has 0 fully saturated rings. The van der Waals surface area contributed by atoms with Crippen molar-refractivity contribution in [3.8, 4) is 0 Å². The Morgan fingerprint density at radius 2 is 1.78 bits per heavy atom. The monoisotopic (exact) mass is 449 g/mol. The first-order chi connectivity index (χ1) is 15.4. The summed E-state index contributed by atoms with van der Waals surface area (Å²) in [7, 11) is 0. The van der Waals surface area contributed by atoms with Crippen LogP contribution in [0.2, 0.25) is 0 Å².